The lowest BCUT2D eigenvalue weighted by Gasteiger charge is -2.28. The van der Waals surface area contributed by atoms with Crippen molar-refractivity contribution in [2.75, 3.05) is 0 Å². The van der Waals surface area contributed by atoms with Gasteiger partial charge in [0.15, 0.2) is 0 Å². The van der Waals surface area contributed by atoms with Gasteiger partial charge in [0.25, 0.3) is 0 Å². The van der Waals surface area contributed by atoms with Gasteiger partial charge >= 0.3 is 0 Å². The molecule has 0 unspecified atom stereocenters. The van der Waals surface area contributed by atoms with Gasteiger partial charge < -0.3 is 10.2 Å². The van der Waals surface area contributed by atoms with Crippen LogP contribution >= 0.6 is 0 Å². The Balaban J connectivity index is 2.04. The Morgan fingerprint density at radius 1 is 1.12 bits per heavy atom. The van der Waals surface area contributed by atoms with Gasteiger partial charge in [0, 0.05) is 19.2 Å². The van der Waals surface area contributed by atoms with E-state index >= 15 is 0 Å². The highest BCUT2D eigenvalue weighted by Gasteiger charge is 2.25. The van der Waals surface area contributed by atoms with Crippen molar-refractivity contribution < 1.29 is 9.59 Å². The molecule has 1 aromatic carbocycles. The Labute approximate surface area is 149 Å². The average molecular weight is 339 g/mol. The average Bonchev–Trinajstić information content (AvgIpc) is 2.65. The molecule has 0 bridgehead atoms. The molecule has 1 N–H and O–H groups in total. The lowest BCUT2D eigenvalue weighted by atomic mass is 10.1. The molecule has 0 saturated carbocycles. The number of nitrogens with one attached hydrogen (secondary N) is 1. The van der Waals surface area contributed by atoms with Gasteiger partial charge in [-0.15, -0.1) is 0 Å². The molecule has 5 heteroatoms. The number of amides is 2. The molecule has 0 fully saturated rings. The van der Waals surface area contributed by atoms with Crippen molar-refractivity contribution in [2.24, 2.45) is 0 Å². The highest BCUT2D eigenvalue weighted by molar-refractivity contribution is 5.87. The topological polar surface area (TPSA) is 62.3 Å². The predicted octanol–water partition coefficient (Wildman–Crippen LogP) is 2.92. The maximum atomic E-state index is 12.5. The van der Waals surface area contributed by atoms with Crippen LogP contribution in [0, 0.1) is 0 Å². The van der Waals surface area contributed by atoms with E-state index in [1.54, 1.807) is 18.0 Å². The standard InChI is InChI=1S/C20H25N3O2/c1-3-9-19(24)23(15-17-10-5-4-6-11-17)16(2)20(25)22-14-18-12-7-8-13-21-18/h4-8,10-13,16H,3,9,14-15H2,1-2H3,(H,22,25)/t16-/m0/s1. The Morgan fingerprint density at radius 3 is 2.48 bits per heavy atom. The molecule has 0 spiro atoms. The molecule has 1 aromatic heterocycles. The number of hydrogen-bond donors (Lipinski definition) is 1. The first-order chi connectivity index (χ1) is 12.1. The van der Waals surface area contributed by atoms with E-state index in [0.29, 0.717) is 19.5 Å². The van der Waals surface area contributed by atoms with Gasteiger partial charge in [-0.1, -0.05) is 43.3 Å². The second kappa shape index (κ2) is 9.57. The fraction of sp³-hybridized carbons (Fsp3) is 0.350. The Kier molecular flexibility index (Phi) is 7.14. The monoisotopic (exact) mass is 339 g/mol. The van der Waals surface area contributed by atoms with E-state index in [-0.39, 0.29) is 11.8 Å². The molecule has 0 aliphatic rings. The summed E-state index contributed by atoms with van der Waals surface area (Å²) in [6.45, 7) is 4.51. The van der Waals surface area contributed by atoms with Gasteiger partial charge in [-0.3, -0.25) is 14.6 Å². The van der Waals surface area contributed by atoms with Crippen molar-refractivity contribution in [3.63, 3.8) is 0 Å². The zero-order valence-electron chi connectivity index (χ0n) is 14.8. The van der Waals surface area contributed by atoms with Crippen LogP contribution in [0.15, 0.2) is 54.7 Å². The zero-order valence-corrected chi connectivity index (χ0v) is 14.8. The maximum Gasteiger partial charge on any atom is 0.242 e. The molecule has 0 saturated heterocycles. The van der Waals surface area contributed by atoms with Crippen molar-refractivity contribution in [1.82, 2.24) is 15.2 Å². The number of nitrogens with zero attached hydrogens (tertiary/aromatic N) is 2. The van der Waals surface area contributed by atoms with E-state index < -0.39 is 6.04 Å². The van der Waals surface area contributed by atoms with Crippen molar-refractivity contribution in [1.29, 1.82) is 0 Å². The van der Waals surface area contributed by atoms with E-state index in [2.05, 4.69) is 10.3 Å². The summed E-state index contributed by atoms with van der Waals surface area (Å²) in [5, 5.41) is 2.87. The smallest absolute Gasteiger partial charge is 0.242 e. The SMILES string of the molecule is CCCC(=O)N(Cc1ccccc1)[C@@H](C)C(=O)NCc1ccccn1. The number of hydrogen-bond acceptors (Lipinski definition) is 3. The van der Waals surface area contributed by atoms with Gasteiger partial charge in [-0.05, 0) is 31.0 Å². The summed E-state index contributed by atoms with van der Waals surface area (Å²) < 4.78 is 0. The molecule has 0 aliphatic carbocycles. The third-order valence-corrected chi connectivity index (χ3v) is 4.00. The zero-order chi connectivity index (χ0) is 18.1. The van der Waals surface area contributed by atoms with Crippen LogP contribution in [0.1, 0.15) is 37.9 Å². The molecule has 2 aromatic rings. The van der Waals surface area contributed by atoms with Gasteiger partial charge in [-0.2, -0.15) is 0 Å². The first-order valence-electron chi connectivity index (χ1n) is 8.62. The predicted molar refractivity (Wildman–Crippen MR) is 97.4 cm³/mol. The number of carbonyl (C=O) groups excluding carboxylic acids is 2. The van der Waals surface area contributed by atoms with Gasteiger partial charge in [0.05, 0.1) is 12.2 Å². The number of aromatic nitrogens is 1. The third-order valence-electron chi connectivity index (χ3n) is 4.00. The first-order valence-corrected chi connectivity index (χ1v) is 8.62. The molecule has 132 valence electrons. The van der Waals surface area contributed by atoms with E-state index in [9.17, 15) is 9.59 Å². The summed E-state index contributed by atoms with van der Waals surface area (Å²) in [6.07, 6.45) is 2.88. The molecule has 0 radical (unpaired) electrons. The lowest BCUT2D eigenvalue weighted by molar-refractivity contribution is -0.140. The van der Waals surface area contributed by atoms with Crippen molar-refractivity contribution in [3.05, 3.63) is 66.0 Å². The van der Waals surface area contributed by atoms with Crippen LogP contribution < -0.4 is 5.32 Å². The third kappa shape index (κ3) is 5.71. The van der Waals surface area contributed by atoms with Crippen LogP contribution in [0.2, 0.25) is 0 Å². The quantitative estimate of drug-likeness (QED) is 0.804. The summed E-state index contributed by atoms with van der Waals surface area (Å²) in [6, 6.07) is 14.8. The van der Waals surface area contributed by atoms with Gasteiger partial charge in [0.1, 0.15) is 6.04 Å². The Bertz CT molecular complexity index is 674. The number of benzene rings is 1. The van der Waals surface area contributed by atoms with E-state index in [1.807, 2.05) is 55.5 Å². The molecule has 2 rings (SSSR count). The molecular formula is C20H25N3O2. The summed E-state index contributed by atoms with van der Waals surface area (Å²) in [7, 11) is 0. The number of carbonyl (C=O) groups is 2. The molecular weight excluding hydrogens is 314 g/mol. The largest absolute Gasteiger partial charge is 0.349 e. The van der Waals surface area contributed by atoms with Crippen molar-refractivity contribution >= 4 is 11.8 Å². The Hall–Kier alpha value is -2.69. The van der Waals surface area contributed by atoms with E-state index in [1.165, 1.54) is 0 Å². The molecule has 1 atom stereocenters. The van der Waals surface area contributed by atoms with Crippen LogP contribution in [-0.2, 0) is 22.7 Å². The first kappa shape index (κ1) is 18.6. The molecule has 25 heavy (non-hydrogen) atoms. The van der Waals surface area contributed by atoms with Crippen LogP contribution in [0.4, 0.5) is 0 Å². The minimum absolute atomic E-state index is 0.00756. The van der Waals surface area contributed by atoms with Crippen molar-refractivity contribution in [3.8, 4) is 0 Å². The Morgan fingerprint density at radius 2 is 1.84 bits per heavy atom. The number of pyridine rings is 1. The van der Waals surface area contributed by atoms with Crippen LogP contribution in [-0.4, -0.2) is 27.7 Å². The maximum absolute atomic E-state index is 12.5. The van der Waals surface area contributed by atoms with Crippen LogP contribution in [0.5, 0.6) is 0 Å². The second-order valence-corrected chi connectivity index (χ2v) is 5.97. The fourth-order valence-electron chi connectivity index (χ4n) is 2.55. The molecule has 0 aliphatic heterocycles. The lowest BCUT2D eigenvalue weighted by Crippen LogP contribution is -2.47. The second-order valence-electron chi connectivity index (χ2n) is 5.97. The minimum atomic E-state index is -0.539. The number of rotatable bonds is 8. The van der Waals surface area contributed by atoms with Crippen LogP contribution in [0.3, 0.4) is 0 Å². The van der Waals surface area contributed by atoms with Gasteiger partial charge in [0.2, 0.25) is 11.8 Å². The summed E-state index contributed by atoms with van der Waals surface area (Å²) >= 11 is 0. The molecule has 2 amide bonds. The van der Waals surface area contributed by atoms with Crippen LogP contribution in [0.25, 0.3) is 0 Å². The van der Waals surface area contributed by atoms with Gasteiger partial charge in [-0.25, -0.2) is 0 Å². The highest BCUT2D eigenvalue weighted by atomic mass is 16.2. The minimum Gasteiger partial charge on any atom is -0.349 e. The van der Waals surface area contributed by atoms with Crippen molar-refractivity contribution in [2.45, 2.75) is 45.8 Å². The fourth-order valence-corrected chi connectivity index (χ4v) is 2.55. The highest BCUT2D eigenvalue weighted by Crippen LogP contribution is 2.11. The van der Waals surface area contributed by atoms with E-state index in [0.717, 1.165) is 17.7 Å². The summed E-state index contributed by atoms with van der Waals surface area (Å²) in [5.41, 5.74) is 1.80. The molecule has 5 nitrogen and oxygen atoms in total. The van der Waals surface area contributed by atoms with E-state index in [4.69, 9.17) is 0 Å². The summed E-state index contributed by atoms with van der Waals surface area (Å²) in [4.78, 5) is 30.9. The summed E-state index contributed by atoms with van der Waals surface area (Å²) in [5.74, 6) is -0.183. The molecule has 1 heterocycles. The normalized spacial score (nSPS) is 11.6.